The van der Waals surface area contributed by atoms with E-state index in [0.717, 1.165) is 5.30 Å². The van der Waals surface area contributed by atoms with E-state index in [9.17, 15) is 4.57 Å². The summed E-state index contributed by atoms with van der Waals surface area (Å²) in [4.78, 5) is 0. The van der Waals surface area contributed by atoms with Crippen LogP contribution in [0.3, 0.4) is 0 Å². The quantitative estimate of drug-likeness (QED) is 0.771. The van der Waals surface area contributed by atoms with E-state index < -0.39 is 7.37 Å². The molecule has 1 saturated heterocycles. The molecule has 0 spiro atoms. The van der Waals surface area contributed by atoms with Gasteiger partial charge < -0.3 is 14.0 Å². The fourth-order valence-electron chi connectivity index (χ4n) is 1.99. The molecule has 2 rings (SSSR count). The molecule has 0 N–H and O–H groups in total. The van der Waals surface area contributed by atoms with Crippen LogP contribution < -0.4 is 5.30 Å². The molecule has 5 heteroatoms. The molecule has 0 amide bonds. The fourth-order valence-corrected chi connectivity index (χ4v) is 4.33. The van der Waals surface area contributed by atoms with Gasteiger partial charge in [0, 0.05) is 19.5 Å². The highest BCUT2D eigenvalue weighted by molar-refractivity contribution is 7.67. The maximum atomic E-state index is 12.7. The van der Waals surface area contributed by atoms with Crippen LogP contribution in [0.1, 0.15) is 0 Å². The van der Waals surface area contributed by atoms with Gasteiger partial charge in [-0.1, -0.05) is 18.2 Å². The summed E-state index contributed by atoms with van der Waals surface area (Å²) in [6.07, 6.45) is 0.0389. The monoisotopic (exact) mass is 256 g/mol. The van der Waals surface area contributed by atoms with E-state index >= 15 is 0 Å². The number of rotatable bonds is 3. The summed E-state index contributed by atoms with van der Waals surface area (Å²) < 4.78 is 28.8. The largest absolute Gasteiger partial charge is 0.378 e. The highest BCUT2D eigenvalue weighted by Gasteiger charge is 2.39. The Morgan fingerprint density at radius 2 is 1.82 bits per heavy atom. The first kappa shape index (κ1) is 12.8. The van der Waals surface area contributed by atoms with Gasteiger partial charge in [-0.05, 0) is 12.1 Å². The van der Waals surface area contributed by atoms with Crippen LogP contribution >= 0.6 is 7.37 Å². The third kappa shape index (κ3) is 2.61. The summed E-state index contributed by atoms with van der Waals surface area (Å²) in [7, 11) is 0.424. The van der Waals surface area contributed by atoms with Crippen molar-refractivity contribution in [1.82, 2.24) is 0 Å². The molecule has 94 valence electrons. The molecule has 17 heavy (non-hydrogen) atoms. The van der Waals surface area contributed by atoms with Crippen LogP contribution in [0, 0.1) is 0 Å². The summed E-state index contributed by atoms with van der Waals surface area (Å²) in [5, 5.41) is 0.747. The SMILES string of the molecule is CO[C@H]1CO[P@@](=O)(c2ccccc2)C[C@@H]1OC. The molecule has 3 atom stereocenters. The lowest BCUT2D eigenvalue weighted by Gasteiger charge is -2.34. The Morgan fingerprint density at radius 3 is 2.41 bits per heavy atom. The summed E-state index contributed by atoms with van der Waals surface area (Å²) in [5.41, 5.74) is 0. The lowest BCUT2D eigenvalue weighted by molar-refractivity contribution is -0.0556. The zero-order chi connectivity index (χ0) is 12.3. The van der Waals surface area contributed by atoms with E-state index in [1.807, 2.05) is 30.3 Å². The van der Waals surface area contributed by atoms with Crippen LogP contribution in [-0.4, -0.2) is 39.2 Å². The maximum Gasteiger partial charge on any atom is 0.234 e. The Labute approximate surface area is 101 Å². The van der Waals surface area contributed by atoms with Gasteiger partial charge in [-0.25, -0.2) is 0 Å². The molecule has 0 aromatic heterocycles. The van der Waals surface area contributed by atoms with Crippen molar-refractivity contribution in [3.8, 4) is 0 Å². The van der Waals surface area contributed by atoms with Gasteiger partial charge in [-0.15, -0.1) is 0 Å². The standard InChI is InChI=1S/C12H17O4P/c1-14-11-8-16-17(13,9-12(11)15-2)10-6-4-3-5-7-10/h3-7,11-12H,8-9H2,1-2H3/t11-,12-,17+/m0/s1. The first-order valence-corrected chi connectivity index (χ1v) is 7.35. The van der Waals surface area contributed by atoms with Crippen molar-refractivity contribution in [3.05, 3.63) is 30.3 Å². The maximum absolute atomic E-state index is 12.7. The second-order valence-corrected chi connectivity index (χ2v) is 6.52. The zero-order valence-electron chi connectivity index (χ0n) is 10.0. The van der Waals surface area contributed by atoms with E-state index in [2.05, 4.69) is 0 Å². The van der Waals surface area contributed by atoms with Crippen molar-refractivity contribution in [2.45, 2.75) is 12.2 Å². The highest BCUT2D eigenvalue weighted by atomic mass is 31.2. The van der Waals surface area contributed by atoms with Crippen molar-refractivity contribution >= 4 is 12.7 Å². The smallest absolute Gasteiger partial charge is 0.234 e. The van der Waals surface area contributed by atoms with Crippen LogP contribution in [0.15, 0.2) is 30.3 Å². The fraction of sp³-hybridized carbons (Fsp3) is 0.500. The van der Waals surface area contributed by atoms with Crippen LogP contribution in [-0.2, 0) is 18.6 Å². The zero-order valence-corrected chi connectivity index (χ0v) is 10.9. The molecule has 0 unspecified atom stereocenters. The van der Waals surface area contributed by atoms with Crippen molar-refractivity contribution in [3.63, 3.8) is 0 Å². The Bertz CT molecular complexity index is 406. The summed E-state index contributed by atoms with van der Waals surface area (Å²) in [5.74, 6) is 0. The molecule has 1 heterocycles. The molecule has 0 radical (unpaired) electrons. The summed E-state index contributed by atoms with van der Waals surface area (Å²) in [6, 6.07) is 9.29. The van der Waals surface area contributed by atoms with Crippen molar-refractivity contribution in [2.75, 3.05) is 27.0 Å². The average Bonchev–Trinajstić information content (AvgIpc) is 2.39. The second-order valence-electron chi connectivity index (χ2n) is 4.04. The summed E-state index contributed by atoms with van der Waals surface area (Å²) in [6.45, 7) is 0.307. The predicted molar refractivity (Wildman–Crippen MR) is 66.1 cm³/mol. The third-order valence-electron chi connectivity index (χ3n) is 3.04. The molecule has 0 aliphatic carbocycles. The molecule has 4 nitrogen and oxygen atoms in total. The molecule has 1 aliphatic heterocycles. The van der Waals surface area contributed by atoms with E-state index in [0.29, 0.717) is 12.8 Å². The number of hydrogen-bond donors (Lipinski definition) is 0. The van der Waals surface area contributed by atoms with Gasteiger partial charge in [0.15, 0.2) is 0 Å². The minimum Gasteiger partial charge on any atom is -0.378 e. The second kappa shape index (κ2) is 5.32. The number of methoxy groups -OCH3 is 2. The topological polar surface area (TPSA) is 44.8 Å². The summed E-state index contributed by atoms with van der Waals surface area (Å²) >= 11 is 0. The first-order chi connectivity index (χ1) is 8.19. The van der Waals surface area contributed by atoms with Gasteiger partial charge in [-0.3, -0.25) is 4.57 Å². The molecule has 0 saturated carbocycles. The van der Waals surface area contributed by atoms with E-state index in [1.54, 1.807) is 14.2 Å². The van der Waals surface area contributed by atoms with Crippen LogP contribution in [0.2, 0.25) is 0 Å². The van der Waals surface area contributed by atoms with Crippen LogP contribution in [0.25, 0.3) is 0 Å². The number of hydrogen-bond acceptors (Lipinski definition) is 4. The third-order valence-corrected chi connectivity index (χ3v) is 5.53. The van der Waals surface area contributed by atoms with Crippen molar-refractivity contribution < 1.29 is 18.6 Å². The average molecular weight is 256 g/mol. The number of benzene rings is 1. The number of ether oxygens (including phenoxy) is 2. The Kier molecular flexibility index (Phi) is 4.00. The molecular formula is C12H17O4P. The highest BCUT2D eigenvalue weighted by Crippen LogP contribution is 2.50. The molecule has 1 aliphatic rings. The van der Waals surface area contributed by atoms with E-state index in [-0.39, 0.29) is 12.2 Å². The first-order valence-electron chi connectivity index (χ1n) is 5.54. The molecule has 1 aromatic rings. The normalized spacial score (nSPS) is 33.5. The van der Waals surface area contributed by atoms with E-state index in [1.165, 1.54) is 0 Å². The van der Waals surface area contributed by atoms with Crippen LogP contribution in [0.4, 0.5) is 0 Å². The Hall–Kier alpha value is -0.670. The van der Waals surface area contributed by atoms with E-state index in [4.69, 9.17) is 14.0 Å². The van der Waals surface area contributed by atoms with Crippen LogP contribution in [0.5, 0.6) is 0 Å². The van der Waals surface area contributed by atoms with Crippen molar-refractivity contribution in [1.29, 1.82) is 0 Å². The van der Waals surface area contributed by atoms with Gasteiger partial charge in [0.1, 0.15) is 6.10 Å². The van der Waals surface area contributed by atoms with Gasteiger partial charge >= 0.3 is 0 Å². The predicted octanol–water partition coefficient (Wildman–Crippen LogP) is 1.65. The molecule has 0 bridgehead atoms. The Morgan fingerprint density at radius 1 is 1.18 bits per heavy atom. The Balaban J connectivity index is 2.21. The van der Waals surface area contributed by atoms with Gasteiger partial charge in [0.25, 0.3) is 0 Å². The van der Waals surface area contributed by atoms with Crippen molar-refractivity contribution in [2.24, 2.45) is 0 Å². The molecular weight excluding hydrogens is 239 g/mol. The lowest BCUT2D eigenvalue weighted by atomic mass is 10.2. The van der Waals surface area contributed by atoms with Gasteiger partial charge in [0.05, 0.1) is 18.9 Å². The molecule has 1 fully saturated rings. The minimum atomic E-state index is -2.79. The van der Waals surface area contributed by atoms with Gasteiger partial charge in [0.2, 0.25) is 7.37 Å². The minimum absolute atomic E-state index is 0.147. The molecule has 1 aromatic carbocycles. The lowest BCUT2D eigenvalue weighted by Crippen LogP contribution is -2.42. The van der Waals surface area contributed by atoms with Gasteiger partial charge in [-0.2, -0.15) is 0 Å².